The molecule has 2 amide bonds. The van der Waals surface area contributed by atoms with Gasteiger partial charge in [-0.1, -0.05) is 0 Å². The molecular formula is C19H21N3O4. The molecule has 1 saturated heterocycles. The molecule has 1 aliphatic rings. The highest BCUT2D eigenvalue weighted by atomic mass is 16.5. The Hall–Kier alpha value is -3.09. The smallest absolute Gasteiger partial charge is 0.227 e. The molecular weight excluding hydrogens is 334 g/mol. The molecule has 2 heterocycles. The van der Waals surface area contributed by atoms with Crippen LogP contribution < -0.4 is 19.7 Å². The Morgan fingerprint density at radius 3 is 2.62 bits per heavy atom. The van der Waals surface area contributed by atoms with Gasteiger partial charge in [-0.2, -0.15) is 0 Å². The first kappa shape index (κ1) is 17.7. The van der Waals surface area contributed by atoms with E-state index in [1.54, 1.807) is 49.7 Å². The second-order valence-electron chi connectivity index (χ2n) is 6.02. The first-order valence-corrected chi connectivity index (χ1v) is 8.31. The number of nitrogens with one attached hydrogen (secondary N) is 1. The number of benzene rings is 1. The number of pyridine rings is 1. The maximum absolute atomic E-state index is 12.4. The summed E-state index contributed by atoms with van der Waals surface area (Å²) in [7, 11) is 3.10. The minimum atomic E-state index is -0.377. The van der Waals surface area contributed by atoms with Crippen LogP contribution in [0, 0.1) is 5.92 Å². The van der Waals surface area contributed by atoms with E-state index in [0.29, 0.717) is 30.3 Å². The van der Waals surface area contributed by atoms with Crippen LogP contribution in [0.5, 0.6) is 11.5 Å². The van der Waals surface area contributed by atoms with Gasteiger partial charge in [0.15, 0.2) is 11.5 Å². The molecule has 7 heteroatoms. The van der Waals surface area contributed by atoms with Crippen LogP contribution in [0.4, 0.5) is 5.69 Å². The van der Waals surface area contributed by atoms with E-state index in [2.05, 4.69) is 10.3 Å². The van der Waals surface area contributed by atoms with Gasteiger partial charge in [-0.25, -0.2) is 0 Å². The van der Waals surface area contributed by atoms with Crippen molar-refractivity contribution in [2.24, 2.45) is 5.92 Å². The van der Waals surface area contributed by atoms with Gasteiger partial charge in [-0.05, 0) is 29.8 Å². The van der Waals surface area contributed by atoms with Crippen LogP contribution >= 0.6 is 0 Å². The van der Waals surface area contributed by atoms with E-state index in [1.807, 2.05) is 12.1 Å². The Morgan fingerprint density at radius 1 is 1.19 bits per heavy atom. The van der Waals surface area contributed by atoms with Crippen LogP contribution in [0.15, 0.2) is 42.7 Å². The molecule has 0 bridgehead atoms. The lowest BCUT2D eigenvalue weighted by molar-refractivity contribution is -0.126. The largest absolute Gasteiger partial charge is 0.493 e. The topological polar surface area (TPSA) is 80.8 Å². The summed E-state index contributed by atoms with van der Waals surface area (Å²) in [5.41, 5.74) is 1.66. The van der Waals surface area contributed by atoms with Crippen molar-refractivity contribution < 1.29 is 19.1 Å². The highest BCUT2D eigenvalue weighted by molar-refractivity contribution is 6.00. The molecule has 0 radical (unpaired) electrons. The van der Waals surface area contributed by atoms with E-state index >= 15 is 0 Å². The van der Waals surface area contributed by atoms with Crippen molar-refractivity contribution in [3.8, 4) is 11.5 Å². The molecule has 3 rings (SSSR count). The summed E-state index contributed by atoms with van der Waals surface area (Å²) in [5.74, 6) is 0.551. The molecule has 7 nitrogen and oxygen atoms in total. The normalized spacial score (nSPS) is 16.5. The SMILES string of the molecule is COc1ccc(N2CC(C(=O)NCc3ccncc3)CC2=O)cc1OC. The molecule has 1 aliphatic heterocycles. The summed E-state index contributed by atoms with van der Waals surface area (Å²) in [4.78, 5) is 30.4. The number of aromatic nitrogens is 1. The van der Waals surface area contributed by atoms with E-state index in [4.69, 9.17) is 9.47 Å². The third-order valence-corrected chi connectivity index (χ3v) is 4.39. The molecule has 26 heavy (non-hydrogen) atoms. The number of hydrogen-bond donors (Lipinski definition) is 1. The summed E-state index contributed by atoms with van der Waals surface area (Å²) in [6.45, 7) is 0.763. The lowest BCUT2D eigenvalue weighted by Gasteiger charge is -2.18. The zero-order valence-electron chi connectivity index (χ0n) is 14.8. The van der Waals surface area contributed by atoms with E-state index in [0.717, 1.165) is 5.56 Å². The van der Waals surface area contributed by atoms with Gasteiger partial charge in [0.05, 0.1) is 20.1 Å². The summed E-state index contributed by atoms with van der Waals surface area (Å²) in [6, 6.07) is 8.97. The lowest BCUT2D eigenvalue weighted by Crippen LogP contribution is -2.32. The highest BCUT2D eigenvalue weighted by Gasteiger charge is 2.35. The van der Waals surface area contributed by atoms with Crippen molar-refractivity contribution in [2.75, 3.05) is 25.7 Å². The van der Waals surface area contributed by atoms with Crippen molar-refractivity contribution in [1.29, 1.82) is 0 Å². The van der Waals surface area contributed by atoms with Crippen LogP contribution in [0.25, 0.3) is 0 Å². The number of carbonyl (C=O) groups is 2. The number of anilines is 1. The highest BCUT2D eigenvalue weighted by Crippen LogP contribution is 2.34. The fourth-order valence-corrected chi connectivity index (χ4v) is 2.96. The zero-order chi connectivity index (χ0) is 18.5. The van der Waals surface area contributed by atoms with Gasteiger partial charge >= 0.3 is 0 Å². The van der Waals surface area contributed by atoms with Gasteiger partial charge in [-0.15, -0.1) is 0 Å². The number of amides is 2. The summed E-state index contributed by atoms with van der Waals surface area (Å²) in [5, 5.41) is 2.88. The van der Waals surface area contributed by atoms with E-state index in [1.165, 1.54) is 0 Å². The summed E-state index contributed by atoms with van der Waals surface area (Å²) in [6.07, 6.45) is 3.55. The number of carbonyl (C=O) groups excluding carboxylic acids is 2. The Labute approximate surface area is 151 Å². The van der Waals surface area contributed by atoms with Crippen LogP contribution in [-0.2, 0) is 16.1 Å². The average molecular weight is 355 g/mol. The van der Waals surface area contributed by atoms with Gasteiger partial charge < -0.3 is 19.7 Å². The third kappa shape index (κ3) is 3.77. The molecule has 136 valence electrons. The quantitative estimate of drug-likeness (QED) is 0.854. The molecule has 1 fully saturated rings. The van der Waals surface area contributed by atoms with E-state index in [-0.39, 0.29) is 24.2 Å². The van der Waals surface area contributed by atoms with Crippen LogP contribution in [0.3, 0.4) is 0 Å². The Bertz CT molecular complexity index is 795. The number of methoxy groups -OCH3 is 2. The maximum Gasteiger partial charge on any atom is 0.227 e. The first-order valence-electron chi connectivity index (χ1n) is 8.31. The standard InChI is InChI=1S/C19H21N3O4/c1-25-16-4-3-15(10-17(16)26-2)22-12-14(9-18(22)23)19(24)21-11-13-5-7-20-8-6-13/h3-8,10,14H,9,11-12H2,1-2H3,(H,21,24). The lowest BCUT2D eigenvalue weighted by atomic mass is 10.1. The van der Waals surface area contributed by atoms with E-state index in [9.17, 15) is 9.59 Å². The second-order valence-corrected chi connectivity index (χ2v) is 6.02. The fourth-order valence-electron chi connectivity index (χ4n) is 2.96. The number of hydrogen-bond acceptors (Lipinski definition) is 5. The number of rotatable bonds is 6. The molecule has 1 N–H and O–H groups in total. The van der Waals surface area contributed by atoms with Gasteiger partial charge in [0.2, 0.25) is 11.8 Å². The van der Waals surface area contributed by atoms with Gasteiger partial charge in [0.25, 0.3) is 0 Å². The Morgan fingerprint density at radius 2 is 1.92 bits per heavy atom. The third-order valence-electron chi connectivity index (χ3n) is 4.39. The molecule has 0 spiro atoms. The molecule has 1 aromatic carbocycles. The maximum atomic E-state index is 12.4. The number of ether oxygens (including phenoxy) is 2. The van der Waals surface area contributed by atoms with Crippen molar-refractivity contribution in [1.82, 2.24) is 10.3 Å². The van der Waals surface area contributed by atoms with Crippen molar-refractivity contribution >= 4 is 17.5 Å². The molecule has 1 unspecified atom stereocenters. The van der Waals surface area contributed by atoms with Crippen molar-refractivity contribution in [3.63, 3.8) is 0 Å². The minimum Gasteiger partial charge on any atom is -0.493 e. The molecule has 1 atom stereocenters. The van der Waals surface area contributed by atoms with Gasteiger partial charge in [-0.3, -0.25) is 14.6 Å². The average Bonchev–Trinajstić information content (AvgIpc) is 3.08. The number of nitrogens with zero attached hydrogens (tertiary/aromatic N) is 2. The molecule has 0 aliphatic carbocycles. The van der Waals surface area contributed by atoms with Gasteiger partial charge in [0.1, 0.15) is 0 Å². The van der Waals surface area contributed by atoms with Crippen LogP contribution in [0.1, 0.15) is 12.0 Å². The summed E-state index contributed by atoms with van der Waals surface area (Å²) < 4.78 is 10.5. The van der Waals surface area contributed by atoms with E-state index < -0.39 is 0 Å². The Balaban J connectivity index is 1.65. The minimum absolute atomic E-state index is 0.0821. The molecule has 1 aromatic heterocycles. The van der Waals surface area contributed by atoms with Crippen molar-refractivity contribution in [2.45, 2.75) is 13.0 Å². The van der Waals surface area contributed by atoms with Gasteiger partial charge in [0, 0.05) is 43.7 Å². The predicted octanol–water partition coefficient (Wildman–Crippen LogP) is 1.77. The molecule has 2 aromatic rings. The zero-order valence-corrected chi connectivity index (χ0v) is 14.8. The summed E-state index contributed by atoms with van der Waals surface area (Å²) >= 11 is 0. The molecule has 0 saturated carbocycles. The second kappa shape index (κ2) is 7.86. The fraction of sp³-hybridized carbons (Fsp3) is 0.316. The predicted molar refractivity (Wildman–Crippen MR) is 96.1 cm³/mol. The Kier molecular flexibility index (Phi) is 5.36. The monoisotopic (exact) mass is 355 g/mol. The van der Waals surface area contributed by atoms with Crippen molar-refractivity contribution in [3.05, 3.63) is 48.3 Å². The van der Waals surface area contributed by atoms with Crippen LogP contribution in [-0.4, -0.2) is 37.6 Å². The first-order chi connectivity index (χ1) is 12.6. The van der Waals surface area contributed by atoms with Crippen LogP contribution in [0.2, 0.25) is 0 Å².